The molecule has 23 heavy (non-hydrogen) atoms. The third-order valence-corrected chi connectivity index (χ3v) is 6.10. The maximum atomic E-state index is 11.9. The maximum absolute atomic E-state index is 11.9. The minimum absolute atomic E-state index is 0.144. The van der Waals surface area contributed by atoms with Gasteiger partial charge < -0.3 is 19.7 Å². The van der Waals surface area contributed by atoms with Crippen molar-refractivity contribution in [3.05, 3.63) is 12.2 Å². The first-order valence-electron chi connectivity index (χ1n) is 8.12. The van der Waals surface area contributed by atoms with Crippen LogP contribution in [0.2, 0.25) is 0 Å². The van der Waals surface area contributed by atoms with Crippen LogP contribution in [0, 0.1) is 17.3 Å². The van der Waals surface area contributed by atoms with Crippen molar-refractivity contribution < 1.29 is 29.3 Å². The second-order valence-corrected chi connectivity index (χ2v) is 7.46. The molecule has 3 rings (SSSR count). The monoisotopic (exact) mass is 324 g/mol. The van der Waals surface area contributed by atoms with E-state index in [4.69, 9.17) is 9.47 Å². The first-order valence-corrected chi connectivity index (χ1v) is 8.12. The van der Waals surface area contributed by atoms with E-state index in [1.54, 1.807) is 0 Å². The summed E-state index contributed by atoms with van der Waals surface area (Å²) in [6.45, 7) is 6.88. The molecule has 6 heteroatoms. The molecule has 2 N–H and O–H groups in total. The van der Waals surface area contributed by atoms with Gasteiger partial charge in [-0.2, -0.15) is 0 Å². The Morgan fingerprint density at radius 3 is 2.78 bits per heavy atom. The quantitative estimate of drug-likeness (QED) is 0.580. The van der Waals surface area contributed by atoms with Crippen molar-refractivity contribution in [1.82, 2.24) is 0 Å². The fourth-order valence-corrected chi connectivity index (χ4v) is 4.82. The molecule has 2 saturated carbocycles. The Balaban J connectivity index is 1.98. The van der Waals surface area contributed by atoms with E-state index in [9.17, 15) is 19.8 Å². The molecule has 6 atom stereocenters. The summed E-state index contributed by atoms with van der Waals surface area (Å²) >= 11 is 0. The average Bonchev–Trinajstić information content (AvgIpc) is 2.76. The van der Waals surface area contributed by atoms with Gasteiger partial charge in [-0.15, -0.1) is 0 Å². The first-order chi connectivity index (χ1) is 10.7. The van der Waals surface area contributed by atoms with E-state index in [1.807, 2.05) is 6.92 Å². The fraction of sp³-hybridized carbons (Fsp3) is 0.765. The number of fused-ring (bicyclic) bond motifs is 3. The molecule has 1 heterocycles. The molecule has 0 amide bonds. The number of carbonyl (C=O) groups is 2. The summed E-state index contributed by atoms with van der Waals surface area (Å²) in [7, 11) is 0. The van der Waals surface area contributed by atoms with E-state index in [-0.39, 0.29) is 12.5 Å². The molecule has 0 bridgehead atoms. The summed E-state index contributed by atoms with van der Waals surface area (Å²) in [6.07, 6.45) is 0.982. The molecular formula is C17H24O6. The van der Waals surface area contributed by atoms with Crippen molar-refractivity contribution in [2.24, 2.45) is 17.3 Å². The third-order valence-electron chi connectivity index (χ3n) is 6.10. The smallest absolute Gasteiger partial charge is 0.334 e. The normalized spacial score (nSPS) is 45.9. The van der Waals surface area contributed by atoms with Crippen LogP contribution in [-0.2, 0) is 19.1 Å². The number of esters is 2. The number of carbonyl (C=O) groups excluding carboxylic acids is 2. The lowest BCUT2D eigenvalue weighted by Crippen LogP contribution is -2.64. The van der Waals surface area contributed by atoms with Gasteiger partial charge in [0.25, 0.3) is 0 Å². The highest BCUT2D eigenvalue weighted by Crippen LogP contribution is 2.58. The summed E-state index contributed by atoms with van der Waals surface area (Å²) in [6, 6.07) is 0. The van der Waals surface area contributed by atoms with Crippen molar-refractivity contribution in [1.29, 1.82) is 0 Å². The summed E-state index contributed by atoms with van der Waals surface area (Å²) in [4.78, 5) is 23.1. The minimum Gasteiger partial charge on any atom is -0.463 e. The number of hydrogen-bond donors (Lipinski definition) is 2. The van der Waals surface area contributed by atoms with E-state index in [0.717, 1.165) is 0 Å². The molecule has 6 nitrogen and oxygen atoms in total. The summed E-state index contributed by atoms with van der Waals surface area (Å²) in [5.41, 5.74) is -1.46. The summed E-state index contributed by atoms with van der Waals surface area (Å²) in [5.74, 6) is -1.53. The highest BCUT2D eigenvalue weighted by Gasteiger charge is 2.64. The van der Waals surface area contributed by atoms with Crippen molar-refractivity contribution in [3.63, 3.8) is 0 Å². The number of ether oxygens (including phenoxy) is 2. The molecule has 0 spiro atoms. The Bertz CT molecular complexity index is 557. The van der Waals surface area contributed by atoms with E-state index in [2.05, 4.69) is 6.58 Å². The van der Waals surface area contributed by atoms with Crippen molar-refractivity contribution >= 4 is 11.9 Å². The molecule has 0 radical (unpaired) electrons. The zero-order chi connectivity index (χ0) is 17.0. The van der Waals surface area contributed by atoms with Gasteiger partial charge in [-0.25, -0.2) is 4.79 Å². The molecule has 0 aromatic heterocycles. The van der Waals surface area contributed by atoms with Gasteiger partial charge in [0.1, 0.15) is 18.3 Å². The van der Waals surface area contributed by atoms with Crippen LogP contribution in [0.5, 0.6) is 0 Å². The number of aliphatic hydroxyl groups excluding tert-OH is 1. The van der Waals surface area contributed by atoms with Crippen molar-refractivity contribution in [2.45, 2.75) is 57.3 Å². The Hall–Kier alpha value is -1.40. The lowest BCUT2D eigenvalue weighted by Gasteiger charge is -2.57. The van der Waals surface area contributed by atoms with Gasteiger partial charge in [-0.05, 0) is 25.7 Å². The molecule has 0 aromatic rings. The minimum atomic E-state index is -1.31. The summed E-state index contributed by atoms with van der Waals surface area (Å²) < 4.78 is 10.6. The molecule has 128 valence electrons. The predicted octanol–water partition coefficient (Wildman–Crippen LogP) is 0.949. The lowest BCUT2D eigenvalue weighted by atomic mass is 9.51. The molecule has 2 aliphatic carbocycles. The van der Waals surface area contributed by atoms with Gasteiger partial charge in [0.05, 0.1) is 6.10 Å². The highest BCUT2D eigenvalue weighted by atomic mass is 16.6. The highest BCUT2D eigenvalue weighted by molar-refractivity contribution is 5.91. The molecular weight excluding hydrogens is 300 g/mol. The van der Waals surface area contributed by atoms with E-state index < -0.39 is 41.1 Å². The second kappa shape index (κ2) is 5.31. The van der Waals surface area contributed by atoms with E-state index in [1.165, 1.54) is 6.92 Å². The molecule has 0 unspecified atom stereocenters. The largest absolute Gasteiger partial charge is 0.463 e. The number of rotatable bonds is 2. The van der Waals surface area contributed by atoms with Crippen LogP contribution in [0.3, 0.4) is 0 Å². The van der Waals surface area contributed by atoms with Crippen LogP contribution < -0.4 is 0 Å². The summed E-state index contributed by atoms with van der Waals surface area (Å²) in [5, 5.41) is 21.8. The molecule has 3 aliphatic rings. The van der Waals surface area contributed by atoms with Crippen molar-refractivity contribution in [2.75, 3.05) is 6.61 Å². The zero-order valence-electron chi connectivity index (χ0n) is 13.6. The van der Waals surface area contributed by atoms with Gasteiger partial charge in [-0.1, -0.05) is 13.5 Å². The third kappa shape index (κ3) is 2.39. The van der Waals surface area contributed by atoms with Gasteiger partial charge in [-0.3, -0.25) is 4.79 Å². The van der Waals surface area contributed by atoms with E-state index >= 15 is 0 Å². The molecule has 3 fully saturated rings. The number of aliphatic hydroxyl groups is 2. The van der Waals surface area contributed by atoms with Crippen LogP contribution >= 0.6 is 0 Å². The topological polar surface area (TPSA) is 93.1 Å². The van der Waals surface area contributed by atoms with Gasteiger partial charge in [0, 0.05) is 29.7 Å². The van der Waals surface area contributed by atoms with Crippen LogP contribution in [0.4, 0.5) is 0 Å². The van der Waals surface area contributed by atoms with Gasteiger partial charge >= 0.3 is 11.9 Å². The predicted molar refractivity (Wildman–Crippen MR) is 80.2 cm³/mol. The zero-order valence-corrected chi connectivity index (χ0v) is 13.6. The lowest BCUT2D eigenvalue weighted by molar-refractivity contribution is -0.231. The maximum Gasteiger partial charge on any atom is 0.334 e. The Labute approximate surface area is 135 Å². The fourth-order valence-electron chi connectivity index (χ4n) is 4.82. The Morgan fingerprint density at radius 2 is 2.13 bits per heavy atom. The van der Waals surface area contributed by atoms with Crippen LogP contribution in [0.1, 0.15) is 39.5 Å². The van der Waals surface area contributed by atoms with Gasteiger partial charge in [0.15, 0.2) is 0 Å². The number of hydrogen-bond acceptors (Lipinski definition) is 6. The SMILES string of the molecule is C=C1C(=O)O[C@H]2[C@H]1CC[C@@]1(C)[C@H](O)CC[C@@](O)(COC(C)=O)[C@H]21. The van der Waals surface area contributed by atoms with E-state index in [0.29, 0.717) is 31.3 Å². The molecule has 0 aromatic carbocycles. The first kappa shape index (κ1) is 16.5. The Morgan fingerprint density at radius 1 is 1.43 bits per heavy atom. The van der Waals surface area contributed by atoms with Crippen LogP contribution in [0.15, 0.2) is 12.2 Å². The average molecular weight is 324 g/mol. The molecule has 1 aliphatic heterocycles. The van der Waals surface area contributed by atoms with Crippen LogP contribution in [0.25, 0.3) is 0 Å². The standard InChI is InChI=1S/C17H24O6/c1-9-11-4-6-16(3)12(19)5-7-17(21,8-22-10(2)18)14(16)13(11)23-15(9)20/h11-14,19,21H,1,4-8H2,2-3H3/t11-,12+,13-,14+,16-,17+/m0/s1. The van der Waals surface area contributed by atoms with Gasteiger partial charge in [0.2, 0.25) is 0 Å². The molecule has 1 saturated heterocycles. The van der Waals surface area contributed by atoms with Crippen LogP contribution in [-0.4, -0.2) is 46.6 Å². The second-order valence-electron chi connectivity index (χ2n) is 7.46. The van der Waals surface area contributed by atoms with Crippen molar-refractivity contribution in [3.8, 4) is 0 Å². The Kier molecular flexibility index (Phi) is 3.80.